The number of nitrogens with zero attached hydrogens (tertiary/aromatic N) is 3. The molecule has 186 valence electrons. The fourth-order valence-electron chi connectivity index (χ4n) is 4.13. The van der Waals surface area contributed by atoms with Gasteiger partial charge in [0.1, 0.15) is 17.4 Å². The summed E-state index contributed by atoms with van der Waals surface area (Å²) in [7, 11) is 1.48. The van der Waals surface area contributed by atoms with Crippen LogP contribution in [0.4, 0.5) is 24.7 Å². The standard InChI is InChI=1S/C24H27F3N6O2/c1-13(15-8-16(24(25,26)27)10-17(28)9-15)30-22-18-12-21(35-3)19(11-20(18)31-14(2)32-22)23(34)33-6-4-29-5-7-33/h8-13,29H,4-7,28H2,1-3H3,(H,30,31,32)/t13-/m1/s1. The number of fused-ring (bicyclic) bond motifs is 1. The Kier molecular flexibility index (Phi) is 6.70. The van der Waals surface area contributed by atoms with Gasteiger partial charge in [0.25, 0.3) is 5.91 Å². The number of nitrogens with two attached hydrogens (primary N) is 1. The number of hydrogen-bond donors (Lipinski definition) is 3. The Morgan fingerprint density at radius 2 is 1.89 bits per heavy atom. The van der Waals surface area contributed by atoms with Crippen molar-refractivity contribution in [1.29, 1.82) is 0 Å². The van der Waals surface area contributed by atoms with Crippen molar-refractivity contribution in [3.05, 3.63) is 52.8 Å². The highest BCUT2D eigenvalue weighted by Crippen LogP contribution is 2.35. The molecule has 0 saturated carbocycles. The number of hydrogen-bond acceptors (Lipinski definition) is 7. The van der Waals surface area contributed by atoms with Crippen LogP contribution in [0.2, 0.25) is 0 Å². The molecule has 0 spiro atoms. The third kappa shape index (κ3) is 5.24. The Bertz CT molecular complexity index is 1260. The molecule has 4 rings (SSSR count). The molecule has 1 fully saturated rings. The number of nitrogens with one attached hydrogen (secondary N) is 2. The summed E-state index contributed by atoms with van der Waals surface area (Å²) < 4.78 is 45.3. The predicted molar refractivity (Wildman–Crippen MR) is 127 cm³/mol. The van der Waals surface area contributed by atoms with E-state index in [1.165, 1.54) is 13.2 Å². The van der Waals surface area contributed by atoms with Crippen molar-refractivity contribution < 1.29 is 22.7 Å². The van der Waals surface area contributed by atoms with Crippen molar-refractivity contribution in [2.24, 2.45) is 0 Å². The van der Waals surface area contributed by atoms with Crippen LogP contribution in [0.3, 0.4) is 0 Å². The summed E-state index contributed by atoms with van der Waals surface area (Å²) >= 11 is 0. The zero-order valence-corrected chi connectivity index (χ0v) is 19.7. The van der Waals surface area contributed by atoms with Crippen LogP contribution in [0.1, 0.15) is 40.3 Å². The van der Waals surface area contributed by atoms with Crippen LogP contribution in [-0.2, 0) is 6.18 Å². The summed E-state index contributed by atoms with van der Waals surface area (Å²) in [6, 6.07) is 6.27. The van der Waals surface area contributed by atoms with E-state index in [4.69, 9.17) is 10.5 Å². The van der Waals surface area contributed by atoms with E-state index in [1.54, 1.807) is 30.9 Å². The molecule has 1 aromatic heterocycles. The second kappa shape index (κ2) is 9.57. The van der Waals surface area contributed by atoms with Gasteiger partial charge in [-0.1, -0.05) is 0 Å². The number of methoxy groups -OCH3 is 1. The van der Waals surface area contributed by atoms with E-state index in [2.05, 4.69) is 20.6 Å². The molecule has 1 aliphatic rings. The minimum Gasteiger partial charge on any atom is -0.496 e. The van der Waals surface area contributed by atoms with Gasteiger partial charge in [-0.05, 0) is 49.7 Å². The second-order valence-corrected chi connectivity index (χ2v) is 8.48. The first kappa shape index (κ1) is 24.5. The number of anilines is 2. The first-order valence-corrected chi connectivity index (χ1v) is 11.2. The van der Waals surface area contributed by atoms with E-state index in [0.29, 0.717) is 52.5 Å². The molecule has 2 heterocycles. The van der Waals surface area contributed by atoms with E-state index in [0.717, 1.165) is 25.2 Å². The number of alkyl halides is 3. The van der Waals surface area contributed by atoms with Crippen molar-refractivity contribution in [1.82, 2.24) is 20.2 Å². The highest BCUT2D eigenvalue weighted by Gasteiger charge is 2.31. The van der Waals surface area contributed by atoms with Gasteiger partial charge < -0.3 is 26.0 Å². The van der Waals surface area contributed by atoms with Gasteiger partial charge in [0, 0.05) is 37.3 Å². The highest BCUT2D eigenvalue weighted by molar-refractivity contribution is 6.02. The number of amides is 1. The molecule has 2 aromatic carbocycles. The number of benzene rings is 2. The van der Waals surface area contributed by atoms with Crippen molar-refractivity contribution in [3.63, 3.8) is 0 Å². The lowest BCUT2D eigenvalue weighted by Crippen LogP contribution is -2.46. The number of aryl methyl sites for hydroxylation is 1. The average molecular weight is 489 g/mol. The monoisotopic (exact) mass is 488 g/mol. The van der Waals surface area contributed by atoms with E-state index in [9.17, 15) is 18.0 Å². The summed E-state index contributed by atoms with van der Waals surface area (Å²) in [6.45, 7) is 6.04. The molecule has 1 atom stereocenters. The second-order valence-electron chi connectivity index (χ2n) is 8.48. The summed E-state index contributed by atoms with van der Waals surface area (Å²) in [4.78, 5) is 23.9. The van der Waals surface area contributed by atoms with E-state index in [1.807, 2.05) is 0 Å². The van der Waals surface area contributed by atoms with Crippen molar-refractivity contribution >= 4 is 28.3 Å². The Hall–Kier alpha value is -3.60. The molecule has 8 nitrogen and oxygen atoms in total. The van der Waals surface area contributed by atoms with Gasteiger partial charge in [-0.2, -0.15) is 13.2 Å². The minimum absolute atomic E-state index is 0.0185. The van der Waals surface area contributed by atoms with E-state index < -0.39 is 17.8 Å². The molecule has 0 bridgehead atoms. The lowest BCUT2D eigenvalue weighted by Gasteiger charge is -2.28. The summed E-state index contributed by atoms with van der Waals surface area (Å²) in [5.74, 6) is 1.08. The zero-order valence-electron chi connectivity index (χ0n) is 19.7. The number of halogens is 3. The fraction of sp³-hybridized carbons (Fsp3) is 0.375. The summed E-state index contributed by atoms with van der Waals surface area (Å²) in [6.07, 6.45) is -4.51. The maximum Gasteiger partial charge on any atom is 0.416 e. The largest absolute Gasteiger partial charge is 0.496 e. The molecule has 0 radical (unpaired) electrons. The number of rotatable bonds is 5. The Labute approximate surface area is 200 Å². The first-order valence-electron chi connectivity index (χ1n) is 11.2. The number of carbonyl (C=O) groups is 1. The average Bonchev–Trinajstić information content (AvgIpc) is 2.82. The maximum atomic E-state index is 13.3. The zero-order chi connectivity index (χ0) is 25.3. The van der Waals surface area contributed by atoms with Crippen molar-refractivity contribution in [2.75, 3.05) is 44.3 Å². The van der Waals surface area contributed by atoms with Gasteiger partial charge in [-0.15, -0.1) is 0 Å². The van der Waals surface area contributed by atoms with E-state index >= 15 is 0 Å². The summed E-state index contributed by atoms with van der Waals surface area (Å²) in [5, 5.41) is 6.97. The normalized spacial score (nSPS) is 15.2. The maximum absolute atomic E-state index is 13.3. The van der Waals surface area contributed by atoms with Crippen LogP contribution < -0.4 is 21.1 Å². The highest BCUT2D eigenvalue weighted by atomic mass is 19.4. The van der Waals surface area contributed by atoms with Gasteiger partial charge in [-0.25, -0.2) is 9.97 Å². The topological polar surface area (TPSA) is 105 Å². The molecule has 1 saturated heterocycles. The molecule has 3 aromatic rings. The minimum atomic E-state index is -4.51. The molecule has 35 heavy (non-hydrogen) atoms. The molecular formula is C24H27F3N6O2. The van der Waals surface area contributed by atoms with Crippen molar-refractivity contribution in [3.8, 4) is 5.75 Å². The molecular weight excluding hydrogens is 461 g/mol. The smallest absolute Gasteiger partial charge is 0.416 e. The number of carbonyl (C=O) groups excluding carboxylic acids is 1. The first-order chi connectivity index (χ1) is 16.6. The van der Waals surface area contributed by atoms with Crippen LogP contribution in [0.5, 0.6) is 5.75 Å². The van der Waals surface area contributed by atoms with Gasteiger partial charge >= 0.3 is 6.18 Å². The number of nitrogen functional groups attached to an aromatic ring is 1. The van der Waals surface area contributed by atoms with Crippen LogP contribution in [0.25, 0.3) is 10.9 Å². The summed E-state index contributed by atoms with van der Waals surface area (Å²) in [5.41, 5.74) is 6.21. The molecule has 0 unspecified atom stereocenters. The third-order valence-corrected chi connectivity index (χ3v) is 5.92. The van der Waals surface area contributed by atoms with Crippen molar-refractivity contribution in [2.45, 2.75) is 26.1 Å². The Morgan fingerprint density at radius 3 is 2.54 bits per heavy atom. The number of ether oxygens (including phenoxy) is 1. The van der Waals surface area contributed by atoms with Gasteiger partial charge in [-0.3, -0.25) is 4.79 Å². The third-order valence-electron chi connectivity index (χ3n) is 5.92. The molecule has 1 aliphatic heterocycles. The van der Waals surface area contributed by atoms with Crippen LogP contribution >= 0.6 is 0 Å². The quantitative estimate of drug-likeness (QED) is 0.470. The number of piperazine rings is 1. The van der Waals surface area contributed by atoms with Gasteiger partial charge in [0.15, 0.2) is 0 Å². The lowest BCUT2D eigenvalue weighted by molar-refractivity contribution is -0.137. The molecule has 4 N–H and O–H groups in total. The van der Waals surface area contributed by atoms with Crippen LogP contribution in [-0.4, -0.2) is 54.1 Å². The number of aromatic nitrogens is 2. The molecule has 11 heteroatoms. The Morgan fingerprint density at radius 1 is 1.17 bits per heavy atom. The molecule has 0 aliphatic carbocycles. The van der Waals surface area contributed by atoms with Gasteiger partial charge in [0.2, 0.25) is 0 Å². The van der Waals surface area contributed by atoms with Crippen LogP contribution in [0.15, 0.2) is 30.3 Å². The Balaban J connectivity index is 1.72. The van der Waals surface area contributed by atoms with Gasteiger partial charge in [0.05, 0.1) is 29.8 Å². The van der Waals surface area contributed by atoms with E-state index in [-0.39, 0.29) is 11.6 Å². The lowest BCUT2D eigenvalue weighted by atomic mass is 10.0. The SMILES string of the molecule is COc1cc2c(N[C@H](C)c3cc(N)cc(C(F)(F)F)c3)nc(C)nc2cc1C(=O)N1CCNCC1. The fourth-order valence-corrected chi connectivity index (χ4v) is 4.13. The van der Waals surface area contributed by atoms with Crippen LogP contribution in [0, 0.1) is 6.92 Å². The molecule has 1 amide bonds. The predicted octanol–water partition coefficient (Wildman–Crippen LogP) is 3.77.